The highest BCUT2D eigenvalue weighted by Crippen LogP contribution is 2.52. The number of aromatic nitrogens is 1. The summed E-state index contributed by atoms with van der Waals surface area (Å²) in [7, 11) is 1.92. The van der Waals surface area contributed by atoms with Crippen molar-refractivity contribution in [3.05, 3.63) is 71.3 Å². The zero-order chi connectivity index (χ0) is 28.3. The molecule has 8 nitrogen and oxygen atoms in total. The van der Waals surface area contributed by atoms with Crippen LogP contribution in [-0.2, 0) is 10.2 Å². The molecule has 2 aliphatic rings. The number of nitrogens with one attached hydrogen (secondary N) is 3. The third kappa shape index (κ3) is 5.91. The van der Waals surface area contributed by atoms with Crippen LogP contribution < -0.4 is 25.4 Å². The Labute approximate surface area is 231 Å². The first kappa shape index (κ1) is 27.5. The van der Waals surface area contributed by atoms with Crippen molar-refractivity contribution in [2.75, 3.05) is 25.5 Å². The van der Waals surface area contributed by atoms with Crippen molar-refractivity contribution < 1.29 is 27.8 Å². The fraction of sp³-hybridized carbons (Fsp3) is 0.367. The molecule has 10 heteroatoms. The lowest BCUT2D eigenvalue weighted by Crippen LogP contribution is -2.28. The molecule has 1 aliphatic carbocycles. The second-order valence-corrected chi connectivity index (χ2v) is 10.2. The predicted octanol–water partition coefficient (Wildman–Crippen LogP) is 5.17. The van der Waals surface area contributed by atoms with Crippen LogP contribution in [0, 0.1) is 6.92 Å². The van der Waals surface area contributed by atoms with Gasteiger partial charge in [-0.15, -0.1) is 8.78 Å². The van der Waals surface area contributed by atoms with Crippen molar-refractivity contribution in [3.8, 4) is 22.8 Å². The molecule has 0 unspecified atom stereocenters. The molecular formula is C30H32F2N4O4. The first-order chi connectivity index (χ1) is 19.2. The van der Waals surface area contributed by atoms with Gasteiger partial charge < -0.3 is 25.4 Å². The van der Waals surface area contributed by atoms with Crippen LogP contribution in [0.4, 0.5) is 14.6 Å². The van der Waals surface area contributed by atoms with Gasteiger partial charge in [0.25, 0.3) is 5.91 Å². The van der Waals surface area contributed by atoms with Gasteiger partial charge in [-0.05, 0) is 87.7 Å². The smallest absolute Gasteiger partial charge is 0.395 e. The summed E-state index contributed by atoms with van der Waals surface area (Å²) in [6.45, 7) is 3.48. The molecule has 3 N–H and O–H groups in total. The number of alkyl halides is 2. The number of nitrogens with zero attached hydrogens (tertiary/aromatic N) is 1. The van der Waals surface area contributed by atoms with Gasteiger partial charge in [-0.3, -0.25) is 9.59 Å². The number of hydrogen-bond acceptors (Lipinski definition) is 6. The molecule has 2 amide bonds. The van der Waals surface area contributed by atoms with Crippen molar-refractivity contribution in [2.45, 2.75) is 50.7 Å². The molecule has 40 heavy (non-hydrogen) atoms. The molecule has 1 fully saturated rings. The average molecular weight is 551 g/mol. The monoisotopic (exact) mass is 550 g/mol. The van der Waals surface area contributed by atoms with E-state index < -0.39 is 11.7 Å². The number of aryl methyl sites for hydroxylation is 1. The quantitative estimate of drug-likeness (QED) is 0.285. The minimum Gasteiger partial charge on any atom is -0.395 e. The highest BCUT2D eigenvalue weighted by Gasteiger charge is 2.53. The maximum Gasteiger partial charge on any atom is 0.586 e. The van der Waals surface area contributed by atoms with E-state index in [-0.39, 0.29) is 23.3 Å². The number of anilines is 1. The molecule has 1 saturated carbocycles. The molecule has 2 aromatic carbocycles. The number of ether oxygens (including phenoxy) is 2. The Morgan fingerprint density at radius 2 is 1.73 bits per heavy atom. The van der Waals surface area contributed by atoms with E-state index in [2.05, 4.69) is 30.4 Å². The maximum atomic E-state index is 13.5. The van der Waals surface area contributed by atoms with E-state index in [4.69, 9.17) is 0 Å². The second kappa shape index (κ2) is 11.2. The van der Waals surface area contributed by atoms with E-state index in [0.717, 1.165) is 36.9 Å². The number of rotatable bonds is 11. The second-order valence-electron chi connectivity index (χ2n) is 10.2. The first-order valence-corrected chi connectivity index (χ1v) is 13.4. The summed E-state index contributed by atoms with van der Waals surface area (Å²) in [6, 6.07) is 15.3. The minimum absolute atomic E-state index is 0.0600. The van der Waals surface area contributed by atoms with E-state index >= 15 is 0 Å². The topological polar surface area (TPSA) is 102 Å². The fourth-order valence-corrected chi connectivity index (χ4v) is 4.86. The van der Waals surface area contributed by atoms with Gasteiger partial charge >= 0.3 is 6.29 Å². The zero-order valence-corrected chi connectivity index (χ0v) is 22.5. The third-order valence-corrected chi connectivity index (χ3v) is 7.26. The van der Waals surface area contributed by atoms with Crippen LogP contribution in [0.15, 0.2) is 54.6 Å². The Morgan fingerprint density at radius 3 is 2.50 bits per heavy atom. The van der Waals surface area contributed by atoms with Gasteiger partial charge in [-0.1, -0.05) is 30.7 Å². The van der Waals surface area contributed by atoms with E-state index in [9.17, 15) is 18.4 Å². The Kier molecular flexibility index (Phi) is 7.71. The molecule has 1 aliphatic heterocycles. The minimum atomic E-state index is -3.72. The molecule has 2 heterocycles. The summed E-state index contributed by atoms with van der Waals surface area (Å²) in [4.78, 5) is 30.8. The number of carbonyl (C=O) groups is 2. The number of hydrogen-bond donors (Lipinski definition) is 3. The molecule has 5 rings (SSSR count). The van der Waals surface area contributed by atoms with Gasteiger partial charge in [0, 0.05) is 17.7 Å². The zero-order valence-electron chi connectivity index (χ0n) is 22.5. The number of pyridine rings is 1. The summed E-state index contributed by atoms with van der Waals surface area (Å²) in [5.74, 6) is -0.205. The Bertz CT molecular complexity index is 1420. The van der Waals surface area contributed by atoms with Crippen LogP contribution in [0.1, 0.15) is 53.6 Å². The fourth-order valence-electron chi connectivity index (χ4n) is 4.86. The summed E-state index contributed by atoms with van der Waals surface area (Å²) < 4.78 is 36.0. The molecule has 1 aromatic heterocycles. The standard InChI is InChI=1S/C30H32F2N4O4/c1-19-9-12-25(35-26(19)20-7-6-8-21(17-20)27(37)34-16-5-3-4-15-33-2)36-28(38)29(13-14-29)22-10-11-23-24(18-22)40-30(31,32)39-23/h6-12,17-18,33H,3-5,13-16H2,1-2H3,(H,34,37)(H,35,36,38). The van der Waals surface area contributed by atoms with Gasteiger partial charge in [-0.2, -0.15) is 0 Å². The van der Waals surface area contributed by atoms with Crippen LogP contribution in [0.5, 0.6) is 11.5 Å². The number of amides is 2. The van der Waals surface area contributed by atoms with E-state index in [1.807, 2.05) is 32.2 Å². The van der Waals surface area contributed by atoms with Crippen molar-refractivity contribution >= 4 is 17.6 Å². The molecule has 0 radical (unpaired) electrons. The number of benzene rings is 2. The lowest BCUT2D eigenvalue weighted by Gasteiger charge is -2.17. The molecule has 0 atom stereocenters. The van der Waals surface area contributed by atoms with E-state index in [1.54, 1.807) is 24.3 Å². The first-order valence-electron chi connectivity index (χ1n) is 13.4. The van der Waals surface area contributed by atoms with Crippen molar-refractivity contribution in [1.82, 2.24) is 15.6 Å². The van der Waals surface area contributed by atoms with Crippen LogP contribution in [0.3, 0.4) is 0 Å². The molecule has 0 bridgehead atoms. The average Bonchev–Trinajstić information content (AvgIpc) is 3.68. The molecule has 0 saturated heterocycles. The van der Waals surface area contributed by atoms with Gasteiger partial charge in [0.1, 0.15) is 5.82 Å². The van der Waals surface area contributed by atoms with Gasteiger partial charge in [0.05, 0.1) is 11.1 Å². The summed E-state index contributed by atoms with van der Waals surface area (Å²) in [5, 5.41) is 8.98. The van der Waals surface area contributed by atoms with Gasteiger partial charge in [0.15, 0.2) is 11.5 Å². The van der Waals surface area contributed by atoms with Crippen LogP contribution >= 0.6 is 0 Å². The third-order valence-electron chi connectivity index (χ3n) is 7.26. The Morgan fingerprint density at radius 1 is 0.950 bits per heavy atom. The van der Waals surface area contributed by atoms with Gasteiger partial charge in [-0.25, -0.2) is 4.98 Å². The molecule has 3 aromatic rings. The summed E-state index contributed by atoms with van der Waals surface area (Å²) in [6.07, 6.45) is 0.438. The Balaban J connectivity index is 1.27. The Hall–Kier alpha value is -4.05. The SMILES string of the molecule is CNCCCCCNC(=O)c1cccc(-c2nc(NC(=O)C3(c4ccc5c(c4)OC(F)(F)O5)CC3)ccc2C)c1. The highest BCUT2D eigenvalue weighted by atomic mass is 19.3. The summed E-state index contributed by atoms with van der Waals surface area (Å²) in [5.41, 5.74) is 2.56. The molecule has 0 spiro atoms. The predicted molar refractivity (Wildman–Crippen MR) is 147 cm³/mol. The molecular weight excluding hydrogens is 518 g/mol. The number of halogens is 2. The van der Waals surface area contributed by atoms with Crippen LogP contribution in [0.25, 0.3) is 11.3 Å². The van der Waals surface area contributed by atoms with Crippen molar-refractivity contribution in [1.29, 1.82) is 0 Å². The maximum absolute atomic E-state index is 13.5. The lowest BCUT2D eigenvalue weighted by atomic mass is 9.94. The number of unbranched alkanes of at least 4 members (excludes halogenated alkanes) is 2. The van der Waals surface area contributed by atoms with Gasteiger partial charge in [0.2, 0.25) is 5.91 Å². The lowest BCUT2D eigenvalue weighted by molar-refractivity contribution is -0.286. The van der Waals surface area contributed by atoms with Crippen LogP contribution in [0.2, 0.25) is 0 Å². The van der Waals surface area contributed by atoms with Crippen molar-refractivity contribution in [3.63, 3.8) is 0 Å². The normalized spacial score (nSPS) is 15.9. The molecule has 210 valence electrons. The number of fused-ring (bicyclic) bond motifs is 1. The van der Waals surface area contributed by atoms with Crippen molar-refractivity contribution in [2.24, 2.45) is 0 Å². The number of carbonyl (C=O) groups excluding carboxylic acids is 2. The largest absolute Gasteiger partial charge is 0.586 e. The van der Waals surface area contributed by atoms with E-state index in [0.29, 0.717) is 42.0 Å². The summed E-state index contributed by atoms with van der Waals surface area (Å²) >= 11 is 0. The van der Waals surface area contributed by atoms with Crippen LogP contribution in [-0.4, -0.2) is 43.2 Å². The van der Waals surface area contributed by atoms with E-state index in [1.165, 1.54) is 12.1 Å². The highest BCUT2D eigenvalue weighted by molar-refractivity contribution is 6.01.